The van der Waals surface area contributed by atoms with Gasteiger partial charge in [-0.15, -0.1) is 0 Å². The summed E-state index contributed by atoms with van der Waals surface area (Å²) in [5, 5.41) is 3.12. The fourth-order valence-electron chi connectivity index (χ4n) is 3.28. The lowest BCUT2D eigenvalue weighted by Crippen LogP contribution is -2.23. The molecule has 0 aliphatic rings. The standard InChI is InChI=1S/C23H20N4O4S/c1-14-12-18-20(24-14)21(29)27(15-8-4-3-5-9-15)23(26-18)32-13-19(28)25-17-11-7-6-10-16(17)22(30)31-2/h3-12,24H,13H2,1-2H3,(H,25,28). The molecule has 0 saturated carbocycles. The number of hydrogen-bond acceptors (Lipinski definition) is 6. The summed E-state index contributed by atoms with van der Waals surface area (Å²) in [7, 11) is 1.28. The predicted octanol–water partition coefficient (Wildman–Crippen LogP) is 3.54. The van der Waals surface area contributed by atoms with E-state index in [0.717, 1.165) is 17.5 Å². The number of esters is 1. The van der Waals surface area contributed by atoms with Crippen molar-refractivity contribution in [3.8, 4) is 5.69 Å². The topological polar surface area (TPSA) is 106 Å². The summed E-state index contributed by atoms with van der Waals surface area (Å²) in [6.07, 6.45) is 0. The number of para-hydroxylation sites is 2. The molecule has 0 fully saturated rings. The number of aromatic amines is 1. The van der Waals surface area contributed by atoms with Crippen LogP contribution in [0.25, 0.3) is 16.7 Å². The molecule has 2 aromatic heterocycles. The van der Waals surface area contributed by atoms with Crippen LogP contribution in [0.15, 0.2) is 70.6 Å². The van der Waals surface area contributed by atoms with Gasteiger partial charge < -0.3 is 15.0 Å². The minimum atomic E-state index is -0.540. The van der Waals surface area contributed by atoms with Gasteiger partial charge in [0.05, 0.1) is 35.3 Å². The number of nitrogens with one attached hydrogen (secondary N) is 2. The van der Waals surface area contributed by atoms with Crippen LogP contribution >= 0.6 is 11.8 Å². The molecule has 0 aliphatic heterocycles. The first-order valence-electron chi connectivity index (χ1n) is 9.75. The number of carbonyl (C=O) groups excluding carboxylic acids is 2. The second kappa shape index (κ2) is 9.11. The molecule has 0 saturated heterocycles. The first kappa shape index (κ1) is 21.4. The first-order chi connectivity index (χ1) is 15.5. The Morgan fingerprint density at radius 1 is 1.12 bits per heavy atom. The molecular weight excluding hydrogens is 428 g/mol. The van der Waals surface area contributed by atoms with Gasteiger partial charge in [0.2, 0.25) is 5.91 Å². The normalized spacial score (nSPS) is 10.8. The van der Waals surface area contributed by atoms with Gasteiger partial charge in [-0.3, -0.25) is 14.2 Å². The number of thioether (sulfide) groups is 1. The van der Waals surface area contributed by atoms with Gasteiger partial charge in [-0.2, -0.15) is 0 Å². The minimum Gasteiger partial charge on any atom is -0.465 e. The highest BCUT2D eigenvalue weighted by molar-refractivity contribution is 7.99. The van der Waals surface area contributed by atoms with Crippen LogP contribution in [0, 0.1) is 6.92 Å². The van der Waals surface area contributed by atoms with E-state index in [4.69, 9.17) is 4.74 Å². The zero-order valence-electron chi connectivity index (χ0n) is 17.4. The van der Waals surface area contributed by atoms with Crippen LogP contribution in [0.1, 0.15) is 16.1 Å². The Morgan fingerprint density at radius 2 is 1.84 bits per heavy atom. The van der Waals surface area contributed by atoms with Gasteiger partial charge in [-0.25, -0.2) is 9.78 Å². The van der Waals surface area contributed by atoms with Crippen molar-refractivity contribution >= 4 is 40.4 Å². The molecule has 2 heterocycles. The van der Waals surface area contributed by atoms with Gasteiger partial charge in [0.1, 0.15) is 5.52 Å². The van der Waals surface area contributed by atoms with E-state index >= 15 is 0 Å². The molecule has 4 aromatic rings. The largest absolute Gasteiger partial charge is 0.465 e. The smallest absolute Gasteiger partial charge is 0.339 e. The maximum absolute atomic E-state index is 13.2. The second-order valence-corrected chi connectivity index (χ2v) is 7.90. The number of carbonyl (C=O) groups is 2. The molecule has 0 radical (unpaired) electrons. The Morgan fingerprint density at radius 3 is 2.59 bits per heavy atom. The highest BCUT2D eigenvalue weighted by Gasteiger charge is 2.17. The number of H-pyrrole nitrogens is 1. The number of fused-ring (bicyclic) bond motifs is 1. The molecule has 9 heteroatoms. The molecule has 0 bridgehead atoms. The highest BCUT2D eigenvalue weighted by atomic mass is 32.2. The molecular formula is C23H20N4O4S. The molecule has 162 valence electrons. The van der Waals surface area contributed by atoms with Crippen LogP contribution in [-0.2, 0) is 9.53 Å². The number of aromatic nitrogens is 3. The van der Waals surface area contributed by atoms with Gasteiger partial charge in [0.25, 0.3) is 5.56 Å². The SMILES string of the molecule is COC(=O)c1ccccc1NC(=O)CSc1nc2cc(C)[nH]c2c(=O)n1-c1ccccc1. The molecule has 0 atom stereocenters. The highest BCUT2D eigenvalue weighted by Crippen LogP contribution is 2.23. The van der Waals surface area contributed by atoms with Gasteiger partial charge in [-0.1, -0.05) is 42.1 Å². The molecule has 8 nitrogen and oxygen atoms in total. The third-order valence-corrected chi connectivity index (χ3v) is 5.65. The van der Waals surface area contributed by atoms with Crippen LogP contribution in [0.3, 0.4) is 0 Å². The number of anilines is 1. The van der Waals surface area contributed by atoms with E-state index in [0.29, 0.717) is 27.6 Å². The van der Waals surface area contributed by atoms with Crippen molar-refractivity contribution in [2.45, 2.75) is 12.1 Å². The maximum atomic E-state index is 13.2. The Kier molecular flexibility index (Phi) is 6.09. The third kappa shape index (κ3) is 4.28. The monoisotopic (exact) mass is 448 g/mol. The first-order valence-corrected chi connectivity index (χ1v) is 10.7. The Bertz CT molecular complexity index is 1360. The van der Waals surface area contributed by atoms with E-state index in [2.05, 4.69) is 15.3 Å². The average Bonchev–Trinajstić information content (AvgIpc) is 3.18. The van der Waals surface area contributed by atoms with Crippen molar-refractivity contribution in [2.24, 2.45) is 0 Å². The molecule has 4 rings (SSSR count). The van der Waals surface area contributed by atoms with Crippen molar-refractivity contribution in [3.63, 3.8) is 0 Å². The van der Waals surface area contributed by atoms with Crippen molar-refractivity contribution < 1.29 is 14.3 Å². The van der Waals surface area contributed by atoms with E-state index in [1.165, 1.54) is 11.7 Å². The number of rotatable bonds is 6. The number of hydrogen-bond donors (Lipinski definition) is 2. The number of aryl methyl sites for hydroxylation is 1. The molecule has 1 amide bonds. The zero-order chi connectivity index (χ0) is 22.7. The van der Waals surface area contributed by atoms with Crippen molar-refractivity contribution in [3.05, 3.63) is 82.3 Å². The minimum absolute atomic E-state index is 0.0102. The van der Waals surface area contributed by atoms with E-state index in [-0.39, 0.29) is 22.8 Å². The molecule has 0 spiro atoms. The van der Waals surface area contributed by atoms with E-state index in [1.54, 1.807) is 42.5 Å². The average molecular weight is 449 g/mol. The molecule has 0 aliphatic carbocycles. The lowest BCUT2D eigenvalue weighted by Gasteiger charge is -2.12. The quantitative estimate of drug-likeness (QED) is 0.266. The summed E-state index contributed by atoms with van der Waals surface area (Å²) >= 11 is 1.14. The third-order valence-electron chi connectivity index (χ3n) is 4.71. The van der Waals surface area contributed by atoms with Crippen LogP contribution in [-0.4, -0.2) is 39.3 Å². The second-order valence-electron chi connectivity index (χ2n) is 6.96. The number of ether oxygens (including phenoxy) is 1. The summed E-state index contributed by atoms with van der Waals surface area (Å²) < 4.78 is 6.25. The van der Waals surface area contributed by atoms with Crippen LogP contribution in [0.5, 0.6) is 0 Å². The van der Waals surface area contributed by atoms with Gasteiger partial charge in [0, 0.05) is 5.69 Å². The van der Waals surface area contributed by atoms with Crippen LogP contribution < -0.4 is 10.9 Å². The molecule has 2 N–H and O–H groups in total. The Labute approximate surface area is 187 Å². The molecule has 0 unspecified atom stereocenters. The summed E-state index contributed by atoms with van der Waals surface area (Å²) in [4.78, 5) is 45.4. The van der Waals surface area contributed by atoms with Gasteiger partial charge in [-0.05, 0) is 37.3 Å². The summed E-state index contributed by atoms with van der Waals surface area (Å²) in [6, 6.07) is 17.5. The van der Waals surface area contributed by atoms with Crippen molar-refractivity contribution in [2.75, 3.05) is 18.2 Å². The Hall–Kier alpha value is -3.85. The van der Waals surface area contributed by atoms with Crippen molar-refractivity contribution in [1.29, 1.82) is 0 Å². The van der Waals surface area contributed by atoms with Crippen LogP contribution in [0.2, 0.25) is 0 Å². The van der Waals surface area contributed by atoms with Crippen molar-refractivity contribution in [1.82, 2.24) is 14.5 Å². The predicted molar refractivity (Wildman–Crippen MR) is 124 cm³/mol. The fraction of sp³-hybridized carbons (Fsp3) is 0.130. The van der Waals surface area contributed by atoms with Gasteiger partial charge >= 0.3 is 5.97 Å². The van der Waals surface area contributed by atoms with E-state index in [1.807, 2.05) is 25.1 Å². The zero-order valence-corrected chi connectivity index (χ0v) is 18.2. The lowest BCUT2D eigenvalue weighted by molar-refractivity contribution is -0.113. The molecule has 32 heavy (non-hydrogen) atoms. The van der Waals surface area contributed by atoms with Crippen LogP contribution in [0.4, 0.5) is 5.69 Å². The maximum Gasteiger partial charge on any atom is 0.339 e. The molecule has 2 aromatic carbocycles. The van der Waals surface area contributed by atoms with E-state index in [9.17, 15) is 14.4 Å². The Balaban J connectivity index is 1.63. The summed E-state index contributed by atoms with van der Waals surface area (Å²) in [6.45, 7) is 1.85. The van der Waals surface area contributed by atoms with E-state index < -0.39 is 5.97 Å². The number of benzene rings is 2. The van der Waals surface area contributed by atoms with Gasteiger partial charge in [0.15, 0.2) is 5.16 Å². The number of methoxy groups -OCH3 is 1. The lowest BCUT2D eigenvalue weighted by atomic mass is 10.2. The summed E-state index contributed by atoms with van der Waals surface area (Å²) in [5.41, 5.74) is 2.80. The summed E-state index contributed by atoms with van der Waals surface area (Å²) in [5.74, 6) is -0.893. The fourth-order valence-corrected chi connectivity index (χ4v) is 4.09. The number of amides is 1. The number of nitrogens with zero attached hydrogens (tertiary/aromatic N) is 2.